The van der Waals surface area contributed by atoms with E-state index in [1.807, 2.05) is 24.3 Å². The van der Waals surface area contributed by atoms with Gasteiger partial charge < -0.3 is 33.1 Å². The zero-order valence-electron chi connectivity index (χ0n) is 34.7. The molecule has 0 bridgehead atoms. The van der Waals surface area contributed by atoms with E-state index in [2.05, 4.69) is 107 Å². The zero-order valence-corrected chi connectivity index (χ0v) is 35.6. The van der Waals surface area contributed by atoms with Gasteiger partial charge in [-0.2, -0.15) is 0 Å². The molecule has 4 aromatic rings. The van der Waals surface area contributed by atoms with Gasteiger partial charge in [0.2, 0.25) is 0 Å². The first-order valence-corrected chi connectivity index (χ1v) is 19.6. The van der Waals surface area contributed by atoms with Crippen molar-refractivity contribution in [2.45, 2.75) is 111 Å². The molecule has 0 aromatic heterocycles. The summed E-state index contributed by atoms with van der Waals surface area (Å²) in [5, 5.41) is 12.0. The second-order valence-corrected chi connectivity index (χ2v) is 19.4. The summed E-state index contributed by atoms with van der Waals surface area (Å²) in [4.78, 5) is 0. The topological polar surface area (TPSA) is 75.6 Å². The third-order valence-corrected chi connectivity index (χ3v) is 11.2. The Labute approximate surface area is 318 Å². The first-order valence-electron chi connectivity index (χ1n) is 18.2. The maximum Gasteiger partial charge on any atom is 0.295 e. The largest absolute Gasteiger partial charge is 0.507 e. The first kappa shape index (κ1) is 40.1. The second-order valence-electron chi connectivity index (χ2n) is 18.0. The molecule has 1 heterocycles. The van der Waals surface area contributed by atoms with Crippen LogP contribution in [0.5, 0.6) is 40.2 Å². The maximum absolute atomic E-state index is 12.0. The van der Waals surface area contributed by atoms with Gasteiger partial charge in [-0.3, -0.25) is 0 Å². The van der Waals surface area contributed by atoms with Crippen LogP contribution in [0.2, 0.25) is 0 Å². The summed E-state index contributed by atoms with van der Waals surface area (Å²) in [5.74, 6) is 4.41. The number of benzene rings is 4. The van der Waals surface area contributed by atoms with E-state index < -0.39 is 8.38 Å². The maximum atomic E-state index is 12.0. The van der Waals surface area contributed by atoms with Crippen LogP contribution >= 0.6 is 8.38 Å². The highest BCUT2D eigenvalue weighted by atomic mass is 31.2. The molecule has 1 aliphatic rings. The minimum Gasteiger partial charge on any atom is -0.507 e. The van der Waals surface area contributed by atoms with Crippen LogP contribution < -0.4 is 28.0 Å². The van der Waals surface area contributed by atoms with Crippen molar-refractivity contribution in [2.75, 3.05) is 28.4 Å². The van der Waals surface area contributed by atoms with Crippen molar-refractivity contribution in [3.8, 4) is 62.5 Å². The average molecular weight is 743 g/mol. The minimum absolute atomic E-state index is 0.172. The summed E-state index contributed by atoms with van der Waals surface area (Å²) in [6.45, 7) is 25.9. The first-order chi connectivity index (χ1) is 24.5. The molecule has 0 amide bonds. The summed E-state index contributed by atoms with van der Waals surface area (Å²) < 4.78 is 38.1. The van der Waals surface area contributed by atoms with Gasteiger partial charge in [-0.05, 0) is 86.9 Å². The van der Waals surface area contributed by atoms with Gasteiger partial charge >= 0.3 is 0 Å². The fourth-order valence-electron chi connectivity index (χ4n) is 6.91. The van der Waals surface area contributed by atoms with Crippen molar-refractivity contribution in [3.05, 3.63) is 76.3 Å². The number of aromatic hydroxyl groups is 1. The number of fused-ring (bicyclic) bond motifs is 3. The Kier molecular flexibility index (Phi) is 10.8. The molecule has 0 radical (unpaired) electrons. The van der Waals surface area contributed by atoms with Crippen molar-refractivity contribution >= 4 is 8.38 Å². The van der Waals surface area contributed by atoms with Crippen molar-refractivity contribution < 1.29 is 33.1 Å². The van der Waals surface area contributed by atoms with Crippen molar-refractivity contribution in [1.82, 2.24) is 0 Å². The van der Waals surface area contributed by atoms with Gasteiger partial charge in [0.05, 0.1) is 34.6 Å². The Morgan fingerprint density at radius 3 is 1.36 bits per heavy atom. The van der Waals surface area contributed by atoms with Crippen molar-refractivity contribution in [3.63, 3.8) is 0 Å². The van der Waals surface area contributed by atoms with Gasteiger partial charge in [0.25, 0.3) is 8.38 Å². The van der Waals surface area contributed by atoms with Crippen LogP contribution in [0, 0.1) is 0 Å². The molecule has 53 heavy (non-hydrogen) atoms. The fourth-order valence-corrected chi connectivity index (χ4v) is 8.48. The monoisotopic (exact) mass is 742 g/mol. The Bertz CT molecular complexity index is 1930. The van der Waals surface area contributed by atoms with E-state index in [1.54, 1.807) is 28.4 Å². The lowest BCUT2D eigenvalue weighted by Gasteiger charge is -2.30. The lowest BCUT2D eigenvalue weighted by Crippen LogP contribution is -2.17. The van der Waals surface area contributed by atoms with E-state index in [1.165, 1.54) is 0 Å². The van der Waals surface area contributed by atoms with E-state index in [9.17, 15) is 5.11 Å². The number of ether oxygens (including phenoxy) is 4. The van der Waals surface area contributed by atoms with E-state index in [0.29, 0.717) is 34.5 Å². The highest BCUT2D eigenvalue weighted by molar-refractivity contribution is 7.47. The van der Waals surface area contributed by atoms with E-state index >= 15 is 0 Å². The highest BCUT2D eigenvalue weighted by Crippen LogP contribution is 2.59. The van der Waals surface area contributed by atoms with Crippen LogP contribution in [-0.4, -0.2) is 33.5 Å². The van der Waals surface area contributed by atoms with Crippen LogP contribution in [0.4, 0.5) is 0 Å². The number of rotatable bonds is 7. The van der Waals surface area contributed by atoms with Gasteiger partial charge in [0, 0.05) is 33.4 Å². The molecule has 1 aliphatic heterocycles. The predicted octanol–water partition coefficient (Wildman–Crippen LogP) is 12.2. The van der Waals surface area contributed by atoms with Crippen molar-refractivity contribution in [1.29, 1.82) is 0 Å². The van der Waals surface area contributed by atoms with E-state index in [-0.39, 0.29) is 27.4 Å². The summed E-state index contributed by atoms with van der Waals surface area (Å²) >= 11 is 0. The standard InChI is InChI=1S/C45H59O7P/c1-42(2,3)35-21-26(47-13)17-30-32-19-28(49-15)23-37(44(7,8)9)40(32)51-53(25-34(30)35)52-41-33(20-29(50-16)24-38(41)45(10,11)12)31-18-27(48-14)22-36(39(31)46)43(4,5)6/h17-24,46H,25H2,1-16H3. The van der Waals surface area contributed by atoms with Crippen LogP contribution in [0.15, 0.2) is 48.5 Å². The number of hydrogen-bond donors (Lipinski definition) is 1. The third kappa shape index (κ3) is 8.06. The third-order valence-electron chi connectivity index (χ3n) is 9.86. The Hall–Kier alpha value is -4.09. The van der Waals surface area contributed by atoms with Crippen LogP contribution in [0.1, 0.15) is 111 Å². The smallest absolute Gasteiger partial charge is 0.295 e. The summed E-state index contributed by atoms with van der Waals surface area (Å²) in [5.41, 5.74) is 7.05. The second kappa shape index (κ2) is 14.3. The Morgan fingerprint density at radius 2 is 0.887 bits per heavy atom. The summed E-state index contributed by atoms with van der Waals surface area (Å²) in [7, 11) is 5.05. The molecule has 0 fully saturated rings. The molecule has 7 nitrogen and oxygen atoms in total. The number of phenols is 1. The molecule has 8 heteroatoms. The lowest BCUT2D eigenvalue weighted by molar-refractivity contribution is 0.405. The van der Waals surface area contributed by atoms with Crippen LogP contribution in [0.3, 0.4) is 0 Å². The molecule has 1 atom stereocenters. The van der Waals surface area contributed by atoms with Gasteiger partial charge in [0.1, 0.15) is 40.2 Å². The molecular formula is C45H59O7P. The summed E-state index contributed by atoms with van der Waals surface area (Å²) in [6.07, 6.45) is 0.508. The zero-order chi connectivity index (χ0) is 39.4. The average Bonchev–Trinajstić information content (AvgIpc) is 3.21. The number of phenolic OH excluding ortho intramolecular Hbond substituents is 1. The molecule has 286 valence electrons. The van der Waals surface area contributed by atoms with E-state index in [0.717, 1.165) is 56.2 Å². The van der Waals surface area contributed by atoms with Crippen LogP contribution in [-0.2, 0) is 27.8 Å². The Balaban J connectivity index is 1.87. The lowest BCUT2D eigenvalue weighted by atomic mass is 9.79. The summed E-state index contributed by atoms with van der Waals surface area (Å²) in [6, 6.07) is 16.1. The number of methoxy groups -OCH3 is 4. The van der Waals surface area contributed by atoms with Gasteiger partial charge in [-0.1, -0.05) is 83.1 Å². The highest BCUT2D eigenvalue weighted by Gasteiger charge is 2.37. The Morgan fingerprint density at radius 1 is 0.491 bits per heavy atom. The molecule has 0 saturated carbocycles. The molecule has 0 spiro atoms. The molecule has 1 N–H and O–H groups in total. The fraction of sp³-hybridized carbons (Fsp3) is 0.467. The molecule has 4 aromatic carbocycles. The normalized spacial score (nSPS) is 14.8. The SMILES string of the molecule is COc1cc(-c2cc(OC)cc(C(C)(C)C)c2OP2Cc3c(cc(OC)cc3C(C)(C)C)-c3cc(OC)cc(C(C)(C)C)c3O2)c(O)c(C(C)(C)C)c1. The number of hydrogen-bond acceptors (Lipinski definition) is 7. The predicted molar refractivity (Wildman–Crippen MR) is 218 cm³/mol. The van der Waals surface area contributed by atoms with Gasteiger partial charge in [-0.15, -0.1) is 0 Å². The molecule has 0 saturated heterocycles. The van der Waals surface area contributed by atoms with Crippen LogP contribution in [0.25, 0.3) is 22.3 Å². The van der Waals surface area contributed by atoms with Gasteiger partial charge in [0.15, 0.2) is 0 Å². The van der Waals surface area contributed by atoms with E-state index in [4.69, 9.17) is 28.0 Å². The molecule has 0 aliphatic carbocycles. The van der Waals surface area contributed by atoms with Gasteiger partial charge in [-0.25, -0.2) is 0 Å². The molecular weight excluding hydrogens is 683 g/mol. The quantitative estimate of drug-likeness (QED) is 0.189. The minimum atomic E-state index is -1.67. The molecule has 1 unspecified atom stereocenters. The van der Waals surface area contributed by atoms with Crippen molar-refractivity contribution in [2.24, 2.45) is 0 Å². The molecule has 5 rings (SSSR count).